The van der Waals surface area contributed by atoms with Crippen molar-refractivity contribution in [2.24, 2.45) is 0 Å². The van der Waals surface area contributed by atoms with Crippen LogP contribution in [-0.2, 0) is 6.54 Å². The third-order valence-corrected chi connectivity index (χ3v) is 3.60. The van der Waals surface area contributed by atoms with Gasteiger partial charge in [-0.15, -0.1) is 11.3 Å². The van der Waals surface area contributed by atoms with Crippen molar-refractivity contribution >= 4 is 11.3 Å². The van der Waals surface area contributed by atoms with Gasteiger partial charge in [0.25, 0.3) is 0 Å². The predicted molar refractivity (Wildman–Crippen MR) is 65.6 cm³/mol. The van der Waals surface area contributed by atoms with Crippen molar-refractivity contribution in [2.45, 2.75) is 33.4 Å². The second-order valence-corrected chi connectivity index (χ2v) is 5.24. The number of aryl methyl sites for hydroxylation is 2. The fourth-order valence-electron chi connectivity index (χ4n) is 1.51. The topological polar surface area (TPSA) is 38.1 Å². The normalized spacial score (nSPS) is 12.9. The Morgan fingerprint density at radius 2 is 2.25 bits per heavy atom. The summed E-state index contributed by atoms with van der Waals surface area (Å²) < 4.78 is 5.40. The standard InChI is InChI=1S/C12H16N2OS/c1-8-6-14-12(15-8)7-13-10(3)11-5-4-9(2)16-11/h4-6,10,13H,7H2,1-3H3. The molecule has 2 aromatic heterocycles. The smallest absolute Gasteiger partial charge is 0.208 e. The van der Waals surface area contributed by atoms with Crippen molar-refractivity contribution in [2.75, 3.05) is 0 Å². The number of aromatic nitrogens is 1. The Morgan fingerprint density at radius 1 is 1.44 bits per heavy atom. The highest BCUT2D eigenvalue weighted by atomic mass is 32.1. The zero-order chi connectivity index (χ0) is 11.5. The molecule has 0 bridgehead atoms. The van der Waals surface area contributed by atoms with Crippen LogP contribution in [0.25, 0.3) is 0 Å². The maximum absolute atomic E-state index is 5.40. The van der Waals surface area contributed by atoms with Crippen LogP contribution in [0.3, 0.4) is 0 Å². The number of rotatable bonds is 4. The van der Waals surface area contributed by atoms with E-state index in [0.717, 1.165) is 11.7 Å². The number of nitrogens with zero attached hydrogens (tertiary/aromatic N) is 1. The minimum Gasteiger partial charge on any atom is -0.445 e. The van der Waals surface area contributed by atoms with Gasteiger partial charge < -0.3 is 9.73 Å². The average Bonchev–Trinajstić information content (AvgIpc) is 2.84. The largest absolute Gasteiger partial charge is 0.445 e. The van der Waals surface area contributed by atoms with Crippen LogP contribution >= 0.6 is 11.3 Å². The van der Waals surface area contributed by atoms with Crippen molar-refractivity contribution in [3.05, 3.63) is 39.7 Å². The Balaban J connectivity index is 1.91. The van der Waals surface area contributed by atoms with E-state index in [-0.39, 0.29) is 0 Å². The molecule has 86 valence electrons. The highest BCUT2D eigenvalue weighted by Gasteiger charge is 2.08. The van der Waals surface area contributed by atoms with Crippen molar-refractivity contribution in [3.63, 3.8) is 0 Å². The van der Waals surface area contributed by atoms with E-state index in [2.05, 4.69) is 36.3 Å². The molecule has 2 heterocycles. The molecule has 0 aliphatic carbocycles. The van der Waals surface area contributed by atoms with E-state index in [1.807, 2.05) is 18.3 Å². The van der Waals surface area contributed by atoms with Gasteiger partial charge in [0.05, 0.1) is 12.7 Å². The van der Waals surface area contributed by atoms with Gasteiger partial charge in [0.15, 0.2) is 0 Å². The molecule has 16 heavy (non-hydrogen) atoms. The molecule has 1 atom stereocenters. The van der Waals surface area contributed by atoms with Crippen LogP contribution in [-0.4, -0.2) is 4.98 Å². The zero-order valence-electron chi connectivity index (χ0n) is 9.78. The van der Waals surface area contributed by atoms with Crippen LogP contribution in [0.5, 0.6) is 0 Å². The molecule has 0 aromatic carbocycles. The van der Waals surface area contributed by atoms with Gasteiger partial charge in [0, 0.05) is 15.8 Å². The quantitative estimate of drug-likeness (QED) is 0.885. The van der Waals surface area contributed by atoms with Crippen molar-refractivity contribution in [3.8, 4) is 0 Å². The third-order valence-electron chi connectivity index (χ3n) is 2.42. The molecule has 0 aliphatic heterocycles. The van der Waals surface area contributed by atoms with Gasteiger partial charge in [0.2, 0.25) is 5.89 Å². The first-order valence-corrected chi connectivity index (χ1v) is 6.18. The number of thiophene rings is 1. The van der Waals surface area contributed by atoms with E-state index in [4.69, 9.17) is 4.42 Å². The van der Waals surface area contributed by atoms with Gasteiger partial charge in [-0.2, -0.15) is 0 Å². The fraction of sp³-hybridized carbons (Fsp3) is 0.417. The highest BCUT2D eigenvalue weighted by molar-refractivity contribution is 7.12. The first kappa shape index (κ1) is 11.4. The van der Waals surface area contributed by atoms with Crippen molar-refractivity contribution in [1.29, 1.82) is 0 Å². The number of nitrogens with one attached hydrogen (secondary N) is 1. The summed E-state index contributed by atoms with van der Waals surface area (Å²) in [4.78, 5) is 6.85. The molecule has 2 rings (SSSR count). The zero-order valence-corrected chi connectivity index (χ0v) is 10.6. The van der Waals surface area contributed by atoms with Gasteiger partial charge >= 0.3 is 0 Å². The maximum Gasteiger partial charge on any atom is 0.208 e. The molecule has 0 radical (unpaired) electrons. The first-order valence-electron chi connectivity index (χ1n) is 5.36. The molecule has 0 spiro atoms. The lowest BCUT2D eigenvalue weighted by Crippen LogP contribution is -2.17. The Labute approximate surface area is 99.5 Å². The molecule has 4 heteroatoms. The maximum atomic E-state index is 5.40. The van der Waals surface area contributed by atoms with E-state index in [1.54, 1.807) is 6.20 Å². The summed E-state index contributed by atoms with van der Waals surface area (Å²) in [5, 5.41) is 3.40. The lowest BCUT2D eigenvalue weighted by Gasteiger charge is -2.09. The Kier molecular flexibility index (Phi) is 3.41. The minimum absolute atomic E-state index is 0.339. The van der Waals surface area contributed by atoms with Crippen LogP contribution in [0.15, 0.2) is 22.7 Å². The van der Waals surface area contributed by atoms with Crippen LogP contribution in [0.2, 0.25) is 0 Å². The second-order valence-electron chi connectivity index (χ2n) is 3.92. The van der Waals surface area contributed by atoms with Gasteiger partial charge in [-0.3, -0.25) is 0 Å². The SMILES string of the molecule is Cc1cnc(CNC(C)c2ccc(C)s2)o1. The van der Waals surface area contributed by atoms with Crippen LogP contribution in [0.4, 0.5) is 0 Å². The molecule has 1 N–H and O–H groups in total. The van der Waals surface area contributed by atoms with E-state index in [0.29, 0.717) is 12.6 Å². The Hall–Kier alpha value is -1.13. The monoisotopic (exact) mass is 236 g/mol. The predicted octanol–water partition coefficient (Wildman–Crippen LogP) is 3.20. The van der Waals surface area contributed by atoms with Crippen molar-refractivity contribution in [1.82, 2.24) is 10.3 Å². The third kappa shape index (κ3) is 2.71. The summed E-state index contributed by atoms with van der Waals surface area (Å²) in [6, 6.07) is 4.65. The summed E-state index contributed by atoms with van der Waals surface area (Å²) in [5.74, 6) is 1.61. The Bertz CT molecular complexity index is 461. The molecule has 2 aromatic rings. The van der Waals surface area contributed by atoms with Crippen LogP contribution in [0, 0.1) is 13.8 Å². The average molecular weight is 236 g/mol. The van der Waals surface area contributed by atoms with Crippen LogP contribution < -0.4 is 5.32 Å². The van der Waals surface area contributed by atoms with Gasteiger partial charge in [-0.25, -0.2) is 4.98 Å². The van der Waals surface area contributed by atoms with Gasteiger partial charge in [-0.1, -0.05) is 0 Å². The number of oxazole rings is 1. The minimum atomic E-state index is 0.339. The molecule has 3 nitrogen and oxygen atoms in total. The summed E-state index contributed by atoms with van der Waals surface area (Å²) in [6.45, 7) is 6.86. The lowest BCUT2D eigenvalue weighted by molar-refractivity contribution is 0.433. The highest BCUT2D eigenvalue weighted by Crippen LogP contribution is 2.22. The van der Waals surface area contributed by atoms with Gasteiger partial charge in [0.1, 0.15) is 5.76 Å². The fourth-order valence-corrected chi connectivity index (χ4v) is 2.41. The molecule has 0 aliphatic rings. The molecule has 1 unspecified atom stereocenters. The van der Waals surface area contributed by atoms with E-state index >= 15 is 0 Å². The number of hydrogen-bond acceptors (Lipinski definition) is 4. The summed E-state index contributed by atoms with van der Waals surface area (Å²) in [6.07, 6.45) is 1.75. The second kappa shape index (κ2) is 4.80. The molecule has 0 saturated heterocycles. The van der Waals surface area contributed by atoms with Gasteiger partial charge in [-0.05, 0) is 32.9 Å². The van der Waals surface area contributed by atoms with Crippen molar-refractivity contribution < 1.29 is 4.42 Å². The summed E-state index contributed by atoms with van der Waals surface area (Å²) in [7, 11) is 0. The van der Waals surface area contributed by atoms with Crippen LogP contribution in [0.1, 0.15) is 34.4 Å². The number of hydrogen-bond donors (Lipinski definition) is 1. The molecule has 0 fully saturated rings. The lowest BCUT2D eigenvalue weighted by atomic mass is 10.3. The first-order chi connectivity index (χ1) is 7.65. The van der Waals surface area contributed by atoms with E-state index in [1.165, 1.54) is 9.75 Å². The molecular formula is C12H16N2OS. The van der Waals surface area contributed by atoms with E-state index in [9.17, 15) is 0 Å². The molecule has 0 saturated carbocycles. The Morgan fingerprint density at radius 3 is 2.81 bits per heavy atom. The molecular weight excluding hydrogens is 220 g/mol. The molecule has 0 amide bonds. The van der Waals surface area contributed by atoms with E-state index < -0.39 is 0 Å². The summed E-state index contributed by atoms with van der Waals surface area (Å²) in [5.41, 5.74) is 0. The summed E-state index contributed by atoms with van der Waals surface area (Å²) >= 11 is 1.82.